The zero-order valence-electron chi connectivity index (χ0n) is 13.2. The van der Waals surface area contributed by atoms with Gasteiger partial charge in [0.15, 0.2) is 0 Å². The van der Waals surface area contributed by atoms with Gasteiger partial charge in [-0.1, -0.05) is 18.2 Å². The first-order valence-corrected chi connectivity index (χ1v) is 7.65. The molecule has 0 bridgehead atoms. The summed E-state index contributed by atoms with van der Waals surface area (Å²) in [6, 6.07) is 16.8. The number of hydrogen-bond donors (Lipinski definition) is 2. The van der Waals surface area contributed by atoms with Crippen LogP contribution in [0.2, 0.25) is 0 Å². The van der Waals surface area contributed by atoms with E-state index >= 15 is 0 Å². The monoisotopic (exact) mass is 341 g/mol. The lowest BCUT2D eigenvalue weighted by Crippen LogP contribution is -2.01. The first kappa shape index (κ1) is 16.5. The third-order valence-corrected chi connectivity index (χ3v) is 3.57. The Labute approximate surface area is 143 Å². The molecule has 0 fully saturated rings. The average molecular weight is 341 g/mol. The summed E-state index contributed by atoms with van der Waals surface area (Å²) in [5.74, 6) is -0.0454. The lowest BCUT2D eigenvalue weighted by atomic mass is 10.2. The topological polar surface area (TPSA) is 80.3 Å². The Kier molecular flexibility index (Phi) is 4.94. The normalized spacial score (nSPS) is 10.4. The number of hydrogen-bond acceptors (Lipinski definition) is 5. The second kappa shape index (κ2) is 7.48. The molecule has 0 atom stereocenters. The van der Waals surface area contributed by atoms with Gasteiger partial charge in [-0.2, -0.15) is 0 Å². The van der Waals surface area contributed by atoms with Crippen LogP contribution in [-0.2, 0) is 13.1 Å². The number of nitrogens with one attached hydrogen (secondary N) is 2. The van der Waals surface area contributed by atoms with Gasteiger partial charge in [-0.15, -0.1) is 0 Å². The Morgan fingerprint density at radius 1 is 0.960 bits per heavy atom. The van der Waals surface area contributed by atoms with Gasteiger partial charge < -0.3 is 15.1 Å². The molecular formula is C18H16FN3O3. The van der Waals surface area contributed by atoms with Crippen molar-refractivity contribution in [3.8, 4) is 0 Å². The zero-order chi connectivity index (χ0) is 17.6. The van der Waals surface area contributed by atoms with Crippen molar-refractivity contribution in [1.82, 2.24) is 0 Å². The first-order valence-electron chi connectivity index (χ1n) is 7.65. The molecule has 6 nitrogen and oxygen atoms in total. The molecule has 0 saturated carbocycles. The minimum absolute atomic E-state index is 0.256. The van der Waals surface area contributed by atoms with E-state index in [9.17, 15) is 14.5 Å². The van der Waals surface area contributed by atoms with Crippen LogP contribution in [0, 0.1) is 15.9 Å². The fourth-order valence-corrected chi connectivity index (χ4v) is 2.29. The lowest BCUT2D eigenvalue weighted by Gasteiger charge is -2.10. The molecule has 0 spiro atoms. The molecule has 3 rings (SSSR count). The molecule has 0 radical (unpaired) electrons. The maximum absolute atomic E-state index is 12.9. The van der Waals surface area contributed by atoms with Crippen molar-refractivity contribution in [2.75, 3.05) is 10.6 Å². The molecule has 25 heavy (non-hydrogen) atoms. The van der Waals surface area contributed by atoms with Crippen LogP contribution in [0.15, 0.2) is 65.1 Å². The average Bonchev–Trinajstić information content (AvgIpc) is 3.09. The summed E-state index contributed by atoms with van der Waals surface area (Å²) in [5, 5.41) is 17.0. The Hall–Kier alpha value is -3.35. The summed E-state index contributed by atoms with van der Waals surface area (Å²) < 4.78 is 18.0. The first-order chi connectivity index (χ1) is 12.1. The molecule has 0 saturated heterocycles. The summed E-state index contributed by atoms with van der Waals surface area (Å²) in [4.78, 5) is 10.0. The highest BCUT2D eigenvalue weighted by Crippen LogP contribution is 2.19. The molecule has 2 aromatic carbocycles. The quantitative estimate of drug-likeness (QED) is 0.487. The van der Waals surface area contributed by atoms with Gasteiger partial charge in [0, 0.05) is 17.9 Å². The largest absolute Gasteiger partial charge is 0.433 e. The van der Waals surface area contributed by atoms with Crippen molar-refractivity contribution in [1.29, 1.82) is 0 Å². The number of furan rings is 1. The van der Waals surface area contributed by atoms with Crippen molar-refractivity contribution >= 4 is 17.3 Å². The molecule has 3 aromatic rings. The smallest absolute Gasteiger partial charge is 0.404 e. The molecule has 128 valence electrons. The standard InChI is InChI=1S/C18H16FN3O3/c19-14-6-4-13(5-7-14)11-20-15-2-1-3-16(10-15)21-12-17-8-9-18(25-17)22(23)24/h1-10,20-21H,11-12H2. The predicted octanol–water partition coefficient (Wildman–Crippen LogP) is 4.55. The molecule has 0 amide bonds. The van der Waals surface area contributed by atoms with Crippen LogP contribution in [0.1, 0.15) is 11.3 Å². The summed E-state index contributed by atoms with van der Waals surface area (Å²) in [6.45, 7) is 0.920. The van der Waals surface area contributed by atoms with Gasteiger partial charge in [-0.25, -0.2) is 4.39 Å². The number of rotatable bonds is 7. The minimum atomic E-state index is -0.566. The van der Waals surface area contributed by atoms with Crippen molar-refractivity contribution in [2.45, 2.75) is 13.1 Å². The van der Waals surface area contributed by atoms with Crippen molar-refractivity contribution in [3.63, 3.8) is 0 Å². The molecule has 0 unspecified atom stereocenters. The second-order valence-electron chi connectivity index (χ2n) is 5.41. The second-order valence-corrected chi connectivity index (χ2v) is 5.41. The van der Waals surface area contributed by atoms with Crippen molar-refractivity contribution in [2.24, 2.45) is 0 Å². The van der Waals surface area contributed by atoms with E-state index in [1.54, 1.807) is 18.2 Å². The number of nitro groups is 1. The van der Waals surface area contributed by atoms with E-state index in [0.717, 1.165) is 16.9 Å². The molecule has 1 aromatic heterocycles. The highest BCUT2D eigenvalue weighted by Gasteiger charge is 2.11. The molecule has 0 aliphatic heterocycles. The molecular weight excluding hydrogens is 325 g/mol. The molecule has 0 aliphatic carbocycles. The zero-order valence-corrected chi connectivity index (χ0v) is 13.2. The van der Waals surface area contributed by atoms with Crippen LogP contribution in [0.4, 0.5) is 21.6 Å². The van der Waals surface area contributed by atoms with E-state index in [0.29, 0.717) is 18.8 Å². The van der Waals surface area contributed by atoms with Gasteiger partial charge in [-0.05, 0) is 42.0 Å². The molecule has 7 heteroatoms. The van der Waals surface area contributed by atoms with E-state index in [1.165, 1.54) is 18.2 Å². The summed E-state index contributed by atoms with van der Waals surface area (Å²) in [5.41, 5.74) is 2.73. The Morgan fingerprint density at radius 2 is 1.64 bits per heavy atom. The summed E-state index contributed by atoms with van der Waals surface area (Å²) in [6.07, 6.45) is 0. The van der Waals surface area contributed by atoms with Crippen LogP contribution in [0.5, 0.6) is 0 Å². The SMILES string of the molecule is O=[N+]([O-])c1ccc(CNc2cccc(NCc3ccc(F)cc3)c2)o1. The fraction of sp³-hybridized carbons (Fsp3) is 0.111. The lowest BCUT2D eigenvalue weighted by molar-refractivity contribution is -0.402. The summed E-state index contributed by atoms with van der Waals surface area (Å²) in [7, 11) is 0. The number of halogens is 1. The molecule has 0 aliphatic rings. The van der Waals surface area contributed by atoms with Crippen LogP contribution >= 0.6 is 0 Å². The number of benzene rings is 2. The van der Waals surface area contributed by atoms with Crippen LogP contribution in [-0.4, -0.2) is 4.92 Å². The Bertz CT molecular complexity index is 862. The van der Waals surface area contributed by atoms with E-state index in [-0.39, 0.29) is 11.7 Å². The number of nitrogens with zero attached hydrogens (tertiary/aromatic N) is 1. The predicted molar refractivity (Wildman–Crippen MR) is 92.9 cm³/mol. The van der Waals surface area contributed by atoms with Gasteiger partial charge in [0.1, 0.15) is 16.5 Å². The van der Waals surface area contributed by atoms with Gasteiger partial charge in [0.2, 0.25) is 0 Å². The third kappa shape index (κ3) is 4.57. The minimum Gasteiger partial charge on any atom is -0.404 e. The molecule has 2 N–H and O–H groups in total. The van der Waals surface area contributed by atoms with Gasteiger partial charge in [-0.3, -0.25) is 10.1 Å². The van der Waals surface area contributed by atoms with Crippen molar-refractivity contribution in [3.05, 3.63) is 87.9 Å². The van der Waals surface area contributed by atoms with Crippen LogP contribution in [0.3, 0.4) is 0 Å². The number of anilines is 2. The van der Waals surface area contributed by atoms with Crippen molar-refractivity contribution < 1.29 is 13.7 Å². The Balaban J connectivity index is 1.57. The maximum Gasteiger partial charge on any atom is 0.433 e. The van der Waals surface area contributed by atoms with E-state index in [1.807, 2.05) is 24.3 Å². The maximum atomic E-state index is 12.9. The Morgan fingerprint density at radius 3 is 2.28 bits per heavy atom. The van der Waals surface area contributed by atoms with Gasteiger partial charge >= 0.3 is 5.88 Å². The summed E-state index contributed by atoms with van der Waals surface area (Å²) >= 11 is 0. The van der Waals surface area contributed by atoms with Crippen LogP contribution in [0.25, 0.3) is 0 Å². The van der Waals surface area contributed by atoms with Gasteiger partial charge in [0.05, 0.1) is 12.6 Å². The molecule has 1 heterocycles. The van der Waals surface area contributed by atoms with E-state index in [2.05, 4.69) is 10.6 Å². The third-order valence-electron chi connectivity index (χ3n) is 3.57. The highest BCUT2D eigenvalue weighted by atomic mass is 19.1. The van der Waals surface area contributed by atoms with E-state index < -0.39 is 4.92 Å². The highest BCUT2D eigenvalue weighted by molar-refractivity contribution is 5.56. The van der Waals surface area contributed by atoms with E-state index in [4.69, 9.17) is 4.42 Å². The van der Waals surface area contributed by atoms with Gasteiger partial charge in [0.25, 0.3) is 0 Å². The van der Waals surface area contributed by atoms with Crippen LogP contribution < -0.4 is 10.6 Å². The fourth-order valence-electron chi connectivity index (χ4n) is 2.29.